The Morgan fingerprint density at radius 3 is 2.54 bits per heavy atom. The van der Waals surface area contributed by atoms with Gasteiger partial charge in [-0.15, -0.1) is 0 Å². The standard InChI is InChI=1S/C22H27FN2O/c1-18-5-2-3-8-21(18)25-12-10-24(11-13-25)16-22(9-14-26-17-22)19-6-4-7-20(23)15-19/h2-8,15H,9-14,16-17H2,1H3/t22-/m0/s1. The molecule has 0 bridgehead atoms. The number of anilines is 1. The summed E-state index contributed by atoms with van der Waals surface area (Å²) in [5.74, 6) is -0.154. The van der Waals surface area contributed by atoms with Crippen LogP contribution in [0.5, 0.6) is 0 Å². The molecule has 0 aromatic heterocycles. The molecule has 138 valence electrons. The highest BCUT2D eigenvalue weighted by Gasteiger charge is 2.39. The lowest BCUT2D eigenvalue weighted by atomic mass is 9.79. The van der Waals surface area contributed by atoms with Gasteiger partial charge in [0.15, 0.2) is 0 Å². The van der Waals surface area contributed by atoms with Crippen molar-refractivity contribution in [3.05, 3.63) is 65.5 Å². The third-order valence-electron chi connectivity index (χ3n) is 5.90. The molecule has 0 saturated carbocycles. The van der Waals surface area contributed by atoms with Crippen molar-refractivity contribution in [1.82, 2.24) is 4.90 Å². The second-order valence-corrected chi connectivity index (χ2v) is 7.64. The lowest BCUT2D eigenvalue weighted by molar-refractivity contribution is 0.147. The van der Waals surface area contributed by atoms with Gasteiger partial charge in [-0.1, -0.05) is 30.3 Å². The Bertz CT molecular complexity index is 749. The number of aryl methyl sites for hydroxylation is 1. The lowest BCUT2D eigenvalue weighted by Gasteiger charge is -2.41. The molecule has 2 aromatic rings. The van der Waals surface area contributed by atoms with Gasteiger partial charge in [0.1, 0.15) is 5.82 Å². The van der Waals surface area contributed by atoms with E-state index in [2.05, 4.69) is 47.1 Å². The molecule has 0 aliphatic carbocycles. The van der Waals surface area contributed by atoms with Gasteiger partial charge in [0.05, 0.1) is 6.61 Å². The summed E-state index contributed by atoms with van der Waals surface area (Å²) in [6.07, 6.45) is 0.967. The smallest absolute Gasteiger partial charge is 0.123 e. The summed E-state index contributed by atoms with van der Waals surface area (Å²) < 4.78 is 19.5. The van der Waals surface area contributed by atoms with E-state index in [1.807, 2.05) is 6.07 Å². The molecule has 0 spiro atoms. The number of benzene rings is 2. The minimum atomic E-state index is -0.154. The Morgan fingerprint density at radius 2 is 1.85 bits per heavy atom. The van der Waals surface area contributed by atoms with Crippen LogP contribution in [0.1, 0.15) is 17.5 Å². The zero-order valence-corrected chi connectivity index (χ0v) is 15.5. The van der Waals surface area contributed by atoms with Crippen molar-refractivity contribution in [2.75, 3.05) is 50.8 Å². The van der Waals surface area contributed by atoms with Gasteiger partial charge < -0.3 is 9.64 Å². The van der Waals surface area contributed by atoms with Crippen molar-refractivity contribution in [2.24, 2.45) is 0 Å². The van der Waals surface area contributed by atoms with E-state index in [1.165, 1.54) is 17.3 Å². The molecule has 2 aromatic carbocycles. The number of ether oxygens (including phenoxy) is 1. The van der Waals surface area contributed by atoms with Gasteiger partial charge >= 0.3 is 0 Å². The van der Waals surface area contributed by atoms with Crippen LogP contribution in [0.3, 0.4) is 0 Å². The van der Waals surface area contributed by atoms with Gasteiger partial charge in [-0.2, -0.15) is 0 Å². The Kier molecular flexibility index (Phi) is 4.96. The molecule has 2 aliphatic rings. The fourth-order valence-electron chi connectivity index (χ4n) is 4.36. The number of nitrogens with zero attached hydrogens (tertiary/aromatic N) is 2. The molecule has 2 aliphatic heterocycles. The molecule has 4 heteroatoms. The average Bonchev–Trinajstić information content (AvgIpc) is 3.13. The monoisotopic (exact) mass is 354 g/mol. The lowest BCUT2D eigenvalue weighted by Crippen LogP contribution is -2.51. The second kappa shape index (κ2) is 7.37. The van der Waals surface area contributed by atoms with Crippen LogP contribution < -0.4 is 4.90 Å². The maximum Gasteiger partial charge on any atom is 0.123 e. The van der Waals surface area contributed by atoms with Crippen molar-refractivity contribution in [3.63, 3.8) is 0 Å². The highest BCUT2D eigenvalue weighted by molar-refractivity contribution is 5.53. The predicted octanol–water partition coefficient (Wildman–Crippen LogP) is 3.61. The Hall–Kier alpha value is -1.91. The quantitative estimate of drug-likeness (QED) is 0.834. The molecule has 1 atom stereocenters. The zero-order valence-electron chi connectivity index (χ0n) is 15.5. The van der Waals surface area contributed by atoms with Crippen LogP contribution in [0.2, 0.25) is 0 Å². The van der Waals surface area contributed by atoms with Crippen LogP contribution in [0, 0.1) is 12.7 Å². The molecular weight excluding hydrogens is 327 g/mol. The van der Waals surface area contributed by atoms with Gasteiger partial charge in [0.25, 0.3) is 0 Å². The van der Waals surface area contributed by atoms with Crippen molar-refractivity contribution in [3.8, 4) is 0 Å². The SMILES string of the molecule is Cc1ccccc1N1CCN(C[C@@]2(c3cccc(F)c3)CCOC2)CC1. The Balaban J connectivity index is 1.45. The van der Waals surface area contributed by atoms with E-state index in [4.69, 9.17) is 4.74 Å². The number of para-hydroxylation sites is 1. The summed E-state index contributed by atoms with van der Waals surface area (Å²) in [5.41, 5.74) is 3.68. The fourth-order valence-corrected chi connectivity index (χ4v) is 4.36. The largest absolute Gasteiger partial charge is 0.380 e. The summed E-state index contributed by atoms with van der Waals surface area (Å²) in [7, 11) is 0. The van der Waals surface area contributed by atoms with Crippen LogP contribution >= 0.6 is 0 Å². The van der Waals surface area contributed by atoms with E-state index in [0.717, 1.165) is 51.3 Å². The third kappa shape index (κ3) is 3.49. The van der Waals surface area contributed by atoms with Crippen LogP contribution in [0.4, 0.5) is 10.1 Å². The maximum absolute atomic E-state index is 13.8. The predicted molar refractivity (Wildman–Crippen MR) is 103 cm³/mol. The summed E-state index contributed by atoms with van der Waals surface area (Å²) in [5, 5.41) is 0. The minimum absolute atomic E-state index is 0.0765. The first kappa shape index (κ1) is 17.5. The third-order valence-corrected chi connectivity index (χ3v) is 5.90. The highest BCUT2D eigenvalue weighted by Crippen LogP contribution is 2.35. The molecule has 3 nitrogen and oxygen atoms in total. The second-order valence-electron chi connectivity index (χ2n) is 7.64. The Morgan fingerprint density at radius 1 is 1.04 bits per heavy atom. The number of piperazine rings is 1. The molecule has 0 N–H and O–H groups in total. The maximum atomic E-state index is 13.8. The molecule has 2 saturated heterocycles. The molecule has 0 unspecified atom stereocenters. The molecular formula is C22H27FN2O. The van der Waals surface area contributed by atoms with Crippen LogP contribution in [0.15, 0.2) is 48.5 Å². The van der Waals surface area contributed by atoms with Gasteiger partial charge in [0.2, 0.25) is 0 Å². The van der Waals surface area contributed by atoms with E-state index < -0.39 is 0 Å². The first-order chi connectivity index (χ1) is 12.7. The van der Waals surface area contributed by atoms with Crippen molar-refractivity contribution in [1.29, 1.82) is 0 Å². The van der Waals surface area contributed by atoms with Crippen molar-refractivity contribution in [2.45, 2.75) is 18.8 Å². The Labute approximate surface area is 155 Å². The van der Waals surface area contributed by atoms with Crippen LogP contribution in [0.25, 0.3) is 0 Å². The van der Waals surface area contributed by atoms with E-state index >= 15 is 0 Å². The fraction of sp³-hybridized carbons (Fsp3) is 0.455. The van der Waals surface area contributed by atoms with E-state index in [9.17, 15) is 4.39 Å². The normalized spacial score (nSPS) is 24.2. The zero-order chi connectivity index (χ0) is 18.0. The van der Waals surface area contributed by atoms with Gasteiger partial charge in [-0.3, -0.25) is 4.90 Å². The molecule has 2 heterocycles. The number of hydrogen-bond donors (Lipinski definition) is 0. The van der Waals surface area contributed by atoms with Crippen molar-refractivity contribution >= 4 is 5.69 Å². The summed E-state index contributed by atoms with van der Waals surface area (Å²) >= 11 is 0. The first-order valence-corrected chi connectivity index (χ1v) is 9.53. The average molecular weight is 354 g/mol. The highest BCUT2D eigenvalue weighted by atomic mass is 19.1. The molecule has 0 amide bonds. The topological polar surface area (TPSA) is 15.7 Å². The van der Waals surface area contributed by atoms with Gasteiger partial charge in [0, 0.05) is 50.4 Å². The van der Waals surface area contributed by atoms with Crippen molar-refractivity contribution < 1.29 is 9.13 Å². The number of halogens is 1. The van der Waals surface area contributed by atoms with Gasteiger partial charge in [-0.25, -0.2) is 4.39 Å². The number of hydrogen-bond acceptors (Lipinski definition) is 3. The molecule has 0 radical (unpaired) electrons. The van der Waals surface area contributed by atoms with E-state index in [1.54, 1.807) is 6.07 Å². The molecule has 4 rings (SSSR count). The summed E-state index contributed by atoms with van der Waals surface area (Å²) in [6, 6.07) is 15.7. The van der Waals surface area contributed by atoms with Crippen LogP contribution in [-0.2, 0) is 10.2 Å². The van der Waals surface area contributed by atoms with E-state index in [0.29, 0.717) is 6.61 Å². The van der Waals surface area contributed by atoms with Crippen LogP contribution in [-0.4, -0.2) is 50.8 Å². The number of rotatable bonds is 4. The van der Waals surface area contributed by atoms with E-state index in [-0.39, 0.29) is 11.2 Å². The first-order valence-electron chi connectivity index (χ1n) is 9.53. The molecule has 26 heavy (non-hydrogen) atoms. The summed E-state index contributed by atoms with van der Waals surface area (Å²) in [6.45, 7) is 8.70. The van der Waals surface area contributed by atoms with Gasteiger partial charge in [-0.05, 0) is 42.7 Å². The minimum Gasteiger partial charge on any atom is -0.380 e. The molecule has 2 fully saturated rings. The summed E-state index contributed by atoms with van der Waals surface area (Å²) in [4.78, 5) is 5.00.